The normalized spacial score (nSPS) is 10.7. The minimum absolute atomic E-state index is 0.199. The van der Waals surface area contributed by atoms with Gasteiger partial charge in [-0.25, -0.2) is 4.39 Å². The number of benzene rings is 2. The molecular formula is C16H16Br2FNO. The molecule has 0 spiro atoms. The molecule has 0 aliphatic rings. The highest BCUT2D eigenvalue weighted by Crippen LogP contribution is 2.32. The van der Waals surface area contributed by atoms with Crippen LogP contribution in [0.25, 0.3) is 0 Å². The van der Waals surface area contributed by atoms with E-state index < -0.39 is 0 Å². The molecule has 0 saturated carbocycles. The van der Waals surface area contributed by atoms with Crippen molar-refractivity contribution < 1.29 is 9.13 Å². The summed E-state index contributed by atoms with van der Waals surface area (Å²) in [4.78, 5) is 0. The molecular weight excluding hydrogens is 401 g/mol. The first-order valence-electron chi connectivity index (χ1n) is 6.57. The molecule has 112 valence electrons. The van der Waals surface area contributed by atoms with Crippen LogP contribution in [0, 0.1) is 5.82 Å². The Morgan fingerprint density at radius 2 is 1.86 bits per heavy atom. The van der Waals surface area contributed by atoms with E-state index in [9.17, 15) is 4.39 Å². The Kier molecular flexibility index (Phi) is 6.21. The maximum atomic E-state index is 12.8. The first kappa shape index (κ1) is 16.5. The molecule has 0 aromatic heterocycles. The maximum absolute atomic E-state index is 12.8. The Bertz CT molecular complexity index is 602. The first-order valence-corrected chi connectivity index (χ1v) is 8.16. The fraction of sp³-hybridized carbons (Fsp3) is 0.250. The molecule has 0 heterocycles. The number of ether oxygens (including phenoxy) is 1. The quantitative estimate of drug-likeness (QED) is 0.689. The predicted molar refractivity (Wildman–Crippen MR) is 90.2 cm³/mol. The molecule has 0 saturated heterocycles. The van der Waals surface area contributed by atoms with Crippen molar-refractivity contribution in [3.63, 3.8) is 0 Å². The van der Waals surface area contributed by atoms with Crippen LogP contribution in [0.1, 0.15) is 11.1 Å². The van der Waals surface area contributed by atoms with Gasteiger partial charge in [0.25, 0.3) is 0 Å². The smallest absolute Gasteiger partial charge is 0.137 e. The number of rotatable bonds is 6. The van der Waals surface area contributed by atoms with E-state index in [0.29, 0.717) is 6.54 Å². The zero-order chi connectivity index (χ0) is 15.2. The van der Waals surface area contributed by atoms with Crippen molar-refractivity contribution in [1.29, 1.82) is 0 Å². The Labute approximate surface area is 141 Å². The fourth-order valence-electron chi connectivity index (χ4n) is 2.08. The molecule has 2 nitrogen and oxygen atoms in total. The number of nitrogens with one attached hydrogen (secondary N) is 1. The van der Waals surface area contributed by atoms with E-state index in [4.69, 9.17) is 4.74 Å². The van der Waals surface area contributed by atoms with Crippen molar-refractivity contribution in [3.05, 3.63) is 62.3 Å². The van der Waals surface area contributed by atoms with E-state index >= 15 is 0 Å². The summed E-state index contributed by atoms with van der Waals surface area (Å²) in [7, 11) is 1.66. The second-order valence-electron chi connectivity index (χ2n) is 4.63. The van der Waals surface area contributed by atoms with E-state index in [-0.39, 0.29) is 5.82 Å². The monoisotopic (exact) mass is 415 g/mol. The lowest BCUT2D eigenvalue weighted by atomic mass is 10.1. The SMILES string of the molecule is COc1c(Br)cc(Br)cc1CNCCc1ccc(F)cc1. The van der Waals surface area contributed by atoms with Crippen LogP contribution in [0.5, 0.6) is 5.75 Å². The zero-order valence-electron chi connectivity index (χ0n) is 11.6. The topological polar surface area (TPSA) is 21.3 Å². The van der Waals surface area contributed by atoms with Crippen LogP contribution < -0.4 is 10.1 Å². The summed E-state index contributed by atoms with van der Waals surface area (Å²) in [6, 6.07) is 10.6. The number of methoxy groups -OCH3 is 1. The molecule has 21 heavy (non-hydrogen) atoms. The number of hydrogen-bond acceptors (Lipinski definition) is 2. The van der Waals surface area contributed by atoms with Crippen molar-refractivity contribution in [3.8, 4) is 5.75 Å². The first-order chi connectivity index (χ1) is 10.1. The molecule has 0 bridgehead atoms. The van der Waals surface area contributed by atoms with Crippen LogP contribution in [0.15, 0.2) is 45.3 Å². The van der Waals surface area contributed by atoms with Crippen LogP contribution in [-0.2, 0) is 13.0 Å². The third kappa shape index (κ3) is 4.80. The van der Waals surface area contributed by atoms with Crippen molar-refractivity contribution >= 4 is 31.9 Å². The standard InChI is InChI=1S/C16H16Br2FNO/c1-21-16-12(8-13(17)9-15(16)18)10-20-7-6-11-2-4-14(19)5-3-11/h2-5,8-9,20H,6-7,10H2,1H3. The summed E-state index contributed by atoms with van der Waals surface area (Å²) in [5, 5.41) is 3.38. The Morgan fingerprint density at radius 3 is 2.52 bits per heavy atom. The van der Waals surface area contributed by atoms with Crippen LogP contribution in [0.2, 0.25) is 0 Å². The molecule has 2 rings (SSSR count). The van der Waals surface area contributed by atoms with Gasteiger partial charge in [-0.1, -0.05) is 28.1 Å². The van der Waals surface area contributed by atoms with Gasteiger partial charge in [0.1, 0.15) is 11.6 Å². The Balaban J connectivity index is 1.90. The summed E-state index contributed by atoms with van der Waals surface area (Å²) >= 11 is 6.97. The molecule has 0 amide bonds. The molecule has 0 aliphatic heterocycles. The van der Waals surface area contributed by atoms with E-state index in [1.807, 2.05) is 24.3 Å². The second kappa shape index (κ2) is 7.92. The third-order valence-electron chi connectivity index (χ3n) is 3.11. The molecule has 0 atom stereocenters. The van der Waals surface area contributed by atoms with Crippen molar-refractivity contribution in [2.45, 2.75) is 13.0 Å². The van der Waals surface area contributed by atoms with Gasteiger partial charge in [0.05, 0.1) is 11.6 Å². The van der Waals surface area contributed by atoms with Gasteiger partial charge >= 0.3 is 0 Å². The molecule has 2 aromatic carbocycles. The van der Waals surface area contributed by atoms with Crippen LogP contribution in [0.3, 0.4) is 0 Å². The van der Waals surface area contributed by atoms with Crippen molar-refractivity contribution in [1.82, 2.24) is 5.32 Å². The highest BCUT2D eigenvalue weighted by Gasteiger charge is 2.08. The maximum Gasteiger partial charge on any atom is 0.137 e. The van der Waals surface area contributed by atoms with Gasteiger partial charge < -0.3 is 10.1 Å². The van der Waals surface area contributed by atoms with Gasteiger partial charge in [0, 0.05) is 16.6 Å². The Hall–Kier alpha value is -0.910. The lowest BCUT2D eigenvalue weighted by molar-refractivity contribution is 0.405. The number of hydrogen-bond donors (Lipinski definition) is 1. The second-order valence-corrected chi connectivity index (χ2v) is 6.40. The highest BCUT2D eigenvalue weighted by molar-refractivity contribution is 9.11. The lowest BCUT2D eigenvalue weighted by Gasteiger charge is -2.12. The van der Waals surface area contributed by atoms with Gasteiger partial charge in [-0.05, 0) is 58.7 Å². The highest BCUT2D eigenvalue weighted by atomic mass is 79.9. The predicted octanol–water partition coefficient (Wildman–Crippen LogP) is 4.69. The summed E-state index contributed by atoms with van der Waals surface area (Å²) in [5.41, 5.74) is 2.20. The molecule has 0 unspecified atom stereocenters. The summed E-state index contributed by atoms with van der Waals surface area (Å²) in [5.74, 6) is 0.642. The van der Waals surface area contributed by atoms with Crippen LogP contribution in [-0.4, -0.2) is 13.7 Å². The minimum atomic E-state index is -0.199. The average Bonchev–Trinajstić information content (AvgIpc) is 2.45. The summed E-state index contributed by atoms with van der Waals surface area (Å²) < 4.78 is 20.2. The van der Waals surface area contributed by atoms with Crippen LogP contribution in [0.4, 0.5) is 4.39 Å². The molecule has 2 aromatic rings. The van der Waals surface area contributed by atoms with Crippen molar-refractivity contribution in [2.24, 2.45) is 0 Å². The molecule has 5 heteroatoms. The number of halogens is 3. The van der Waals surface area contributed by atoms with Crippen LogP contribution >= 0.6 is 31.9 Å². The minimum Gasteiger partial charge on any atom is -0.495 e. The van der Waals surface area contributed by atoms with E-state index in [1.165, 1.54) is 12.1 Å². The molecule has 1 N–H and O–H groups in total. The van der Waals surface area contributed by atoms with Gasteiger partial charge in [-0.15, -0.1) is 0 Å². The summed E-state index contributed by atoms with van der Waals surface area (Å²) in [6.07, 6.45) is 0.859. The molecule has 0 radical (unpaired) electrons. The average molecular weight is 417 g/mol. The fourth-order valence-corrected chi connectivity index (χ4v) is 3.56. The van der Waals surface area contributed by atoms with E-state index in [0.717, 1.165) is 38.8 Å². The molecule has 0 fully saturated rings. The van der Waals surface area contributed by atoms with Crippen molar-refractivity contribution in [2.75, 3.05) is 13.7 Å². The Morgan fingerprint density at radius 1 is 1.14 bits per heavy atom. The molecule has 0 aliphatic carbocycles. The van der Waals surface area contributed by atoms with Gasteiger partial charge in [-0.3, -0.25) is 0 Å². The van der Waals surface area contributed by atoms with E-state index in [1.54, 1.807) is 7.11 Å². The van der Waals surface area contributed by atoms with Gasteiger partial charge in [0.2, 0.25) is 0 Å². The zero-order valence-corrected chi connectivity index (χ0v) is 14.8. The van der Waals surface area contributed by atoms with Gasteiger partial charge in [0.15, 0.2) is 0 Å². The third-order valence-corrected chi connectivity index (χ3v) is 4.16. The largest absolute Gasteiger partial charge is 0.495 e. The lowest BCUT2D eigenvalue weighted by Crippen LogP contribution is -2.17. The summed E-state index contributed by atoms with van der Waals surface area (Å²) in [6.45, 7) is 1.53. The van der Waals surface area contributed by atoms with Gasteiger partial charge in [-0.2, -0.15) is 0 Å². The van der Waals surface area contributed by atoms with E-state index in [2.05, 4.69) is 37.2 Å².